The lowest BCUT2D eigenvalue weighted by Gasteiger charge is -2.06. The van der Waals surface area contributed by atoms with E-state index in [1.54, 1.807) is 6.92 Å². The lowest BCUT2D eigenvalue weighted by atomic mass is 10.0. The van der Waals surface area contributed by atoms with Gasteiger partial charge in [-0.25, -0.2) is 4.79 Å². The van der Waals surface area contributed by atoms with Crippen molar-refractivity contribution in [1.82, 2.24) is 0 Å². The summed E-state index contributed by atoms with van der Waals surface area (Å²) in [5.41, 5.74) is 1.88. The van der Waals surface area contributed by atoms with Gasteiger partial charge in [0.15, 0.2) is 0 Å². The Balaban J connectivity index is 2.20. The van der Waals surface area contributed by atoms with Gasteiger partial charge in [-0.3, -0.25) is 4.79 Å². The summed E-state index contributed by atoms with van der Waals surface area (Å²) in [5, 5.41) is 2.54. The van der Waals surface area contributed by atoms with Crippen LogP contribution in [-0.4, -0.2) is 18.5 Å². The molecule has 0 radical (unpaired) electrons. The number of benzene rings is 1. The van der Waals surface area contributed by atoms with Crippen molar-refractivity contribution >= 4 is 17.6 Å². The number of ether oxygens (including phenoxy) is 1. The molecule has 0 spiro atoms. The molecule has 1 aromatic carbocycles. The van der Waals surface area contributed by atoms with Crippen molar-refractivity contribution < 1.29 is 14.3 Å². The van der Waals surface area contributed by atoms with Gasteiger partial charge in [0.05, 0.1) is 6.61 Å². The Hall–Kier alpha value is -1.84. The highest BCUT2D eigenvalue weighted by molar-refractivity contribution is 6.37. The molecule has 0 fully saturated rings. The molecule has 0 unspecified atom stereocenters. The van der Waals surface area contributed by atoms with Crippen LogP contribution < -0.4 is 5.32 Å². The highest BCUT2D eigenvalue weighted by atomic mass is 16.5. The summed E-state index contributed by atoms with van der Waals surface area (Å²) in [6, 6.07) is 7.67. The smallest absolute Gasteiger partial charge is 0.397 e. The van der Waals surface area contributed by atoms with Gasteiger partial charge in [0, 0.05) is 5.69 Å². The van der Waals surface area contributed by atoms with Gasteiger partial charge in [-0.1, -0.05) is 64.0 Å². The number of anilines is 1. The Bertz CT molecular complexity index is 482. The van der Waals surface area contributed by atoms with Crippen LogP contribution in [0.4, 0.5) is 5.69 Å². The van der Waals surface area contributed by atoms with E-state index in [2.05, 4.69) is 17.0 Å². The zero-order valence-corrected chi connectivity index (χ0v) is 15.1. The molecular weight excluding hydrogens is 302 g/mol. The van der Waals surface area contributed by atoms with Crippen molar-refractivity contribution in [3.8, 4) is 0 Å². The predicted molar refractivity (Wildman–Crippen MR) is 98.0 cm³/mol. The number of rotatable bonds is 11. The van der Waals surface area contributed by atoms with Crippen molar-refractivity contribution in [2.75, 3.05) is 11.9 Å². The van der Waals surface area contributed by atoms with E-state index in [9.17, 15) is 9.59 Å². The van der Waals surface area contributed by atoms with Crippen LogP contribution >= 0.6 is 0 Å². The fourth-order valence-electron chi connectivity index (χ4n) is 2.60. The van der Waals surface area contributed by atoms with Crippen LogP contribution in [0.15, 0.2) is 24.3 Å². The lowest BCUT2D eigenvalue weighted by molar-refractivity contribution is -0.152. The largest absolute Gasteiger partial charge is 0.459 e. The normalized spacial score (nSPS) is 10.4. The van der Waals surface area contributed by atoms with Crippen molar-refractivity contribution in [3.63, 3.8) is 0 Å². The molecule has 1 N–H and O–H groups in total. The fraction of sp³-hybridized carbons (Fsp3) is 0.600. The molecule has 0 atom stereocenters. The molecule has 1 amide bonds. The first-order valence-corrected chi connectivity index (χ1v) is 9.24. The highest BCUT2D eigenvalue weighted by Crippen LogP contribution is 2.14. The molecular formula is C20H31NO3. The van der Waals surface area contributed by atoms with Crippen molar-refractivity contribution in [2.24, 2.45) is 0 Å². The van der Waals surface area contributed by atoms with Crippen molar-refractivity contribution in [3.05, 3.63) is 29.8 Å². The number of amides is 1. The van der Waals surface area contributed by atoms with E-state index in [0.717, 1.165) is 6.42 Å². The number of esters is 1. The van der Waals surface area contributed by atoms with Crippen molar-refractivity contribution in [1.29, 1.82) is 0 Å². The third-order valence-corrected chi connectivity index (χ3v) is 3.99. The molecule has 0 saturated carbocycles. The van der Waals surface area contributed by atoms with E-state index in [-0.39, 0.29) is 6.61 Å². The summed E-state index contributed by atoms with van der Waals surface area (Å²) in [5.74, 6) is -1.58. The van der Waals surface area contributed by atoms with Crippen LogP contribution in [0.1, 0.15) is 70.8 Å². The molecule has 0 aromatic heterocycles. The topological polar surface area (TPSA) is 55.4 Å². The fourth-order valence-corrected chi connectivity index (χ4v) is 2.60. The third-order valence-electron chi connectivity index (χ3n) is 3.99. The van der Waals surface area contributed by atoms with Gasteiger partial charge in [-0.15, -0.1) is 0 Å². The standard InChI is InChI=1S/C20H31NO3/c1-3-5-6-7-8-9-10-11-12-17-13-15-18(16-14-17)21-19(22)20(23)24-4-2/h13-16H,3-12H2,1-2H3,(H,21,22). The molecule has 4 nitrogen and oxygen atoms in total. The Labute approximate surface area is 146 Å². The monoisotopic (exact) mass is 333 g/mol. The Morgan fingerprint density at radius 2 is 1.46 bits per heavy atom. The second kappa shape index (κ2) is 12.6. The summed E-state index contributed by atoms with van der Waals surface area (Å²) < 4.78 is 4.66. The average Bonchev–Trinajstić information content (AvgIpc) is 2.59. The Morgan fingerprint density at radius 3 is 2.04 bits per heavy atom. The Kier molecular flexibility index (Phi) is 10.6. The maximum absolute atomic E-state index is 11.5. The highest BCUT2D eigenvalue weighted by Gasteiger charge is 2.14. The number of unbranched alkanes of at least 4 members (excludes halogenated alkanes) is 7. The van der Waals surface area contributed by atoms with E-state index in [1.165, 1.54) is 56.9 Å². The maximum Gasteiger partial charge on any atom is 0.397 e. The van der Waals surface area contributed by atoms with Crippen LogP contribution in [0.25, 0.3) is 0 Å². The van der Waals surface area contributed by atoms with Crippen LogP contribution in [0.3, 0.4) is 0 Å². The van der Waals surface area contributed by atoms with Gasteiger partial charge < -0.3 is 10.1 Å². The van der Waals surface area contributed by atoms with E-state index in [0.29, 0.717) is 5.69 Å². The summed E-state index contributed by atoms with van der Waals surface area (Å²) in [4.78, 5) is 22.8. The molecule has 134 valence electrons. The first-order valence-electron chi connectivity index (χ1n) is 9.24. The first-order chi connectivity index (χ1) is 11.7. The number of carbonyl (C=O) groups is 2. The van der Waals surface area contributed by atoms with Gasteiger partial charge in [-0.05, 0) is 37.5 Å². The molecule has 0 aliphatic rings. The van der Waals surface area contributed by atoms with E-state index in [1.807, 2.05) is 24.3 Å². The van der Waals surface area contributed by atoms with Gasteiger partial charge in [0.25, 0.3) is 0 Å². The number of aryl methyl sites for hydroxylation is 1. The Morgan fingerprint density at radius 1 is 0.875 bits per heavy atom. The number of hydrogen-bond acceptors (Lipinski definition) is 3. The molecule has 0 aliphatic carbocycles. The number of nitrogens with one attached hydrogen (secondary N) is 1. The van der Waals surface area contributed by atoms with Crippen LogP contribution in [0.5, 0.6) is 0 Å². The molecule has 0 heterocycles. The van der Waals surface area contributed by atoms with E-state index in [4.69, 9.17) is 0 Å². The SMILES string of the molecule is CCCCCCCCCCc1ccc(NC(=O)C(=O)OCC)cc1. The van der Waals surface area contributed by atoms with Crippen LogP contribution in [0.2, 0.25) is 0 Å². The molecule has 4 heteroatoms. The minimum atomic E-state index is -0.847. The van der Waals surface area contributed by atoms with Crippen LogP contribution in [0, 0.1) is 0 Å². The van der Waals surface area contributed by atoms with E-state index < -0.39 is 11.9 Å². The minimum Gasteiger partial charge on any atom is -0.459 e. The third kappa shape index (κ3) is 8.70. The van der Waals surface area contributed by atoms with Gasteiger partial charge in [0.2, 0.25) is 0 Å². The van der Waals surface area contributed by atoms with Gasteiger partial charge >= 0.3 is 11.9 Å². The van der Waals surface area contributed by atoms with Crippen LogP contribution in [-0.2, 0) is 20.7 Å². The zero-order chi connectivity index (χ0) is 17.6. The second-order valence-electron chi connectivity index (χ2n) is 6.10. The van der Waals surface area contributed by atoms with Crippen molar-refractivity contribution in [2.45, 2.75) is 71.6 Å². The summed E-state index contributed by atoms with van der Waals surface area (Å²) in [7, 11) is 0. The minimum absolute atomic E-state index is 0.198. The second-order valence-corrected chi connectivity index (χ2v) is 6.10. The molecule has 1 rings (SSSR count). The summed E-state index contributed by atoms with van der Waals surface area (Å²) >= 11 is 0. The zero-order valence-electron chi connectivity index (χ0n) is 15.1. The van der Waals surface area contributed by atoms with E-state index >= 15 is 0 Å². The molecule has 0 aliphatic heterocycles. The molecule has 0 saturated heterocycles. The quantitative estimate of drug-likeness (QED) is 0.357. The predicted octanol–water partition coefficient (Wildman–Crippen LogP) is 4.87. The molecule has 24 heavy (non-hydrogen) atoms. The van der Waals surface area contributed by atoms with Gasteiger partial charge in [-0.2, -0.15) is 0 Å². The lowest BCUT2D eigenvalue weighted by Crippen LogP contribution is -2.24. The molecule has 0 bridgehead atoms. The number of carbonyl (C=O) groups excluding carboxylic acids is 2. The maximum atomic E-state index is 11.5. The average molecular weight is 333 g/mol. The van der Waals surface area contributed by atoms with Gasteiger partial charge in [0.1, 0.15) is 0 Å². The first kappa shape index (κ1) is 20.2. The number of hydrogen-bond donors (Lipinski definition) is 1. The molecule has 1 aromatic rings. The summed E-state index contributed by atoms with van der Waals surface area (Å²) in [6.07, 6.45) is 11.6. The summed E-state index contributed by atoms with van der Waals surface area (Å²) in [6.45, 7) is 4.11.